The Balaban J connectivity index is 1.77. The molecule has 20 heavy (non-hydrogen) atoms. The van der Waals surface area contributed by atoms with Crippen LogP contribution >= 0.6 is 11.6 Å². The van der Waals surface area contributed by atoms with Gasteiger partial charge in [-0.25, -0.2) is 4.68 Å². The van der Waals surface area contributed by atoms with Gasteiger partial charge in [0.1, 0.15) is 5.69 Å². The van der Waals surface area contributed by atoms with Gasteiger partial charge in [-0.05, 0) is 37.0 Å². The minimum absolute atomic E-state index is 0.563. The zero-order chi connectivity index (χ0) is 13.8. The zero-order valence-electron chi connectivity index (χ0n) is 11.3. The molecule has 1 unspecified atom stereocenters. The fraction of sp³-hybridized carbons (Fsp3) is 0.400. The smallest absolute Gasteiger partial charge is 0.106 e. The van der Waals surface area contributed by atoms with E-state index in [1.807, 2.05) is 30.5 Å². The largest absolute Gasteiger partial charge is 0.383 e. The van der Waals surface area contributed by atoms with E-state index in [-0.39, 0.29) is 0 Å². The number of halogens is 1. The van der Waals surface area contributed by atoms with E-state index in [1.165, 1.54) is 6.42 Å². The fourth-order valence-corrected chi connectivity index (χ4v) is 2.78. The molecule has 0 spiro atoms. The van der Waals surface area contributed by atoms with Crippen molar-refractivity contribution in [3.8, 4) is 5.69 Å². The SMILES string of the molecule is Clc1cccc(NCC2CCCOC2)c1-n1cccn1. The van der Waals surface area contributed by atoms with Gasteiger partial charge in [0.05, 0.1) is 17.3 Å². The summed E-state index contributed by atoms with van der Waals surface area (Å²) in [7, 11) is 0. The van der Waals surface area contributed by atoms with Crippen molar-refractivity contribution in [3.05, 3.63) is 41.7 Å². The molecule has 0 radical (unpaired) electrons. The van der Waals surface area contributed by atoms with Gasteiger partial charge < -0.3 is 10.1 Å². The van der Waals surface area contributed by atoms with E-state index in [9.17, 15) is 0 Å². The molecule has 1 aromatic heterocycles. The molecule has 1 fully saturated rings. The van der Waals surface area contributed by atoms with Crippen LogP contribution in [-0.4, -0.2) is 29.5 Å². The molecule has 2 aromatic rings. The second kappa shape index (κ2) is 6.29. The molecular formula is C15H18ClN3O. The summed E-state index contributed by atoms with van der Waals surface area (Å²) in [5, 5.41) is 8.45. The molecule has 1 aliphatic heterocycles. The van der Waals surface area contributed by atoms with Crippen LogP contribution in [0.15, 0.2) is 36.7 Å². The number of para-hydroxylation sites is 1. The maximum Gasteiger partial charge on any atom is 0.106 e. The summed E-state index contributed by atoms with van der Waals surface area (Å²) in [6.07, 6.45) is 6.01. The predicted octanol–water partition coefficient (Wildman–Crippen LogP) is 3.36. The van der Waals surface area contributed by atoms with Crippen molar-refractivity contribution in [2.45, 2.75) is 12.8 Å². The molecule has 3 rings (SSSR count). The molecular weight excluding hydrogens is 274 g/mol. The maximum absolute atomic E-state index is 6.32. The Bertz CT molecular complexity index is 550. The topological polar surface area (TPSA) is 39.1 Å². The third-order valence-corrected chi connectivity index (χ3v) is 3.86. The van der Waals surface area contributed by atoms with Crippen LogP contribution in [0.2, 0.25) is 5.02 Å². The summed E-state index contributed by atoms with van der Waals surface area (Å²) < 4.78 is 7.31. The van der Waals surface area contributed by atoms with E-state index in [0.717, 1.165) is 37.6 Å². The summed E-state index contributed by atoms with van der Waals surface area (Å²) in [6.45, 7) is 2.63. The molecule has 1 N–H and O–H groups in total. The molecule has 0 aliphatic carbocycles. The molecule has 1 aliphatic rings. The third-order valence-electron chi connectivity index (χ3n) is 3.56. The number of anilines is 1. The van der Waals surface area contributed by atoms with Crippen LogP contribution in [0.1, 0.15) is 12.8 Å². The predicted molar refractivity (Wildman–Crippen MR) is 80.6 cm³/mol. The van der Waals surface area contributed by atoms with Crippen LogP contribution in [-0.2, 0) is 4.74 Å². The van der Waals surface area contributed by atoms with Crippen molar-refractivity contribution in [2.75, 3.05) is 25.1 Å². The van der Waals surface area contributed by atoms with Crippen molar-refractivity contribution >= 4 is 17.3 Å². The number of hydrogen-bond acceptors (Lipinski definition) is 3. The highest BCUT2D eigenvalue weighted by Gasteiger charge is 2.15. The lowest BCUT2D eigenvalue weighted by atomic mass is 10.0. The minimum atomic E-state index is 0.563. The quantitative estimate of drug-likeness (QED) is 0.939. The average Bonchev–Trinajstić information content (AvgIpc) is 3.00. The first-order chi connectivity index (χ1) is 9.84. The monoisotopic (exact) mass is 291 g/mol. The number of nitrogens with one attached hydrogen (secondary N) is 1. The number of benzene rings is 1. The molecule has 0 saturated carbocycles. The molecule has 1 aromatic carbocycles. The fourth-order valence-electron chi connectivity index (χ4n) is 2.51. The van der Waals surface area contributed by atoms with Crippen LogP contribution in [0.5, 0.6) is 0 Å². The van der Waals surface area contributed by atoms with E-state index >= 15 is 0 Å². The van der Waals surface area contributed by atoms with Gasteiger partial charge in [-0.1, -0.05) is 17.7 Å². The number of aromatic nitrogens is 2. The summed E-state index contributed by atoms with van der Waals surface area (Å²) in [4.78, 5) is 0. The lowest BCUT2D eigenvalue weighted by Crippen LogP contribution is -2.24. The Morgan fingerprint density at radius 1 is 1.40 bits per heavy atom. The van der Waals surface area contributed by atoms with E-state index in [0.29, 0.717) is 10.9 Å². The molecule has 5 heteroatoms. The third kappa shape index (κ3) is 2.97. The summed E-state index contributed by atoms with van der Waals surface area (Å²) in [5.41, 5.74) is 1.91. The van der Waals surface area contributed by atoms with Crippen molar-refractivity contribution in [1.29, 1.82) is 0 Å². The molecule has 1 atom stereocenters. The highest BCUT2D eigenvalue weighted by molar-refractivity contribution is 6.33. The summed E-state index contributed by atoms with van der Waals surface area (Å²) in [6, 6.07) is 7.76. The summed E-state index contributed by atoms with van der Waals surface area (Å²) >= 11 is 6.32. The lowest BCUT2D eigenvalue weighted by molar-refractivity contribution is 0.0595. The Labute approximate surface area is 123 Å². The van der Waals surface area contributed by atoms with Crippen LogP contribution in [0.3, 0.4) is 0 Å². The van der Waals surface area contributed by atoms with Crippen molar-refractivity contribution < 1.29 is 4.74 Å². The van der Waals surface area contributed by atoms with Crippen molar-refractivity contribution in [2.24, 2.45) is 5.92 Å². The first-order valence-corrected chi connectivity index (χ1v) is 7.32. The first kappa shape index (κ1) is 13.5. The zero-order valence-corrected chi connectivity index (χ0v) is 12.0. The molecule has 1 saturated heterocycles. The van der Waals surface area contributed by atoms with Crippen LogP contribution in [0, 0.1) is 5.92 Å². The normalized spacial score (nSPS) is 18.9. The van der Waals surface area contributed by atoms with Crippen LogP contribution in [0.25, 0.3) is 5.69 Å². The van der Waals surface area contributed by atoms with Crippen LogP contribution < -0.4 is 5.32 Å². The Kier molecular flexibility index (Phi) is 4.23. The number of rotatable bonds is 4. The molecule has 0 amide bonds. The molecule has 106 valence electrons. The van der Waals surface area contributed by atoms with Gasteiger partial charge in [0.2, 0.25) is 0 Å². The van der Waals surface area contributed by atoms with Gasteiger partial charge in [-0.15, -0.1) is 0 Å². The summed E-state index contributed by atoms with van der Waals surface area (Å²) in [5.74, 6) is 0.563. The van der Waals surface area contributed by atoms with Gasteiger partial charge in [0.15, 0.2) is 0 Å². The van der Waals surface area contributed by atoms with E-state index in [4.69, 9.17) is 16.3 Å². The minimum Gasteiger partial charge on any atom is -0.383 e. The van der Waals surface area contributed by atoms with E-state index in [2.05, 4.69) is 10.4 Å². The van der Waals surface area contributed by atoms with Crippen molar-refractivity contribution in [3.63, 3.8) is 0 Å². The lowest BCUT2D eigenvalue weighted by Gasteiger charge is -2.23. The van der Waals surface area contributed by atoms with Gasteiger partial charge in [-0.2, -0.15) is 5.10 Å². The second-order valence-corrected chi connectivity index (χ2v) is 5.46. The standard InChI is InChI=1S/C15H18ClN3O/c16-13-5-1-6-14(15(13)19-8-3-7-18-19)17-10-12-4-2-9-20-11-12/h1,3,5-8,12,17H,2,4,9-11H2. The van der Waals surface area contributed by atoms with E-state index in [1.54, 1.807) is 10.9 Å². The number of ether oxygens (including phenoxy) is 1. The van der Waals surface area contributed by atoms with Crippen LogP contribution in [0.4, 0.5) is 5.69 Å². The molecule has 0 bridgehead atoms. The Morgan fingerprint density at radius 3 is 3.10 bits per heavy atom. The first-order valence-electron chi connectivity index (χ1n) is 6.95. The van der Waals surface area contributed by atoms with Gasteiger partial charge in [0, 0.05) is 25.5 Å². The Hall–Kier alpha value is -1.52. The van der Waals surface area contributed by atoms with E-state index < -0.39 is 0 Å². The molecule has 4 nitrogen and oxygen atoms in total. The highest BCUT2D eigenvalue weighted by atomic mass is 35.5. The molecule has 2 heterocycles. The van der Waals surface area contributed by atoms with Gasteiger partial charge >= 0.3 is 0 Å². The van der Waals surface area contributed by atoms with Gasteiger partial charge in [0.25, 0.3) is 0 Å². The van der Waals surface area contributed by atoms with Crippen molar-refractivity contribution in [1.82, 2.24) is 9.78 Å². The number of nitrogens with zero attached hydrogens (tertiary/aromatic N) is 2. The highest BCUT2D eigenvalue weighted by Crippen LogP contribution is 2.28. The maximum atomic E-state index is 6.32. The Morgan fingerprint density at radius 2 is 2.35 bits per heavy atom. The van der Waals surface area contributed by atoms with Gasteiger partial charge in [-0.3, -0.25) is 0 Å². The number of hydrogen-bond donors (Lipinski definition) is 1. The second-order valence-electron chi connectivity index (χ2n) is 5.05. The average molecular weight is 292 g/mol.